The van der Waals surface area contributed by atoms with Crippen molar-refractivity contribution in [3.8, 4) is 0 Å². The summed E-state index contributed by atoms with van der Waals surface area (Å²) in [5, 5.41) is 4.53. The molecule has 1 heterocycles. The molecule has 1 aliphatic carbocycles. The van der Waals surface area contributed by atoms with Crippen LogP contribution in [0.15, 0.2) is 0 Å². The predicted molar refractivity (Wildman–Crippen MR) is 73.1 cm³/mol. The van der Waals surface area contributed by atoms with E-state index >= 15 is 0 Å². The molecule has 18 heavy (non-hydrogen) atoms. The van der Waals surface area contributed by atoms with E-state index in [1.54, 1.807) is 0 Å². The van der Waals surface area contributed by atoms with E-state index in [4.69, 9.17) is 10.7 Å². The second-order valence-corrected chi connectivity index (χ2v) is 6.14. The minimum Gasteiger partial charge on any atom is -0.319 e. The van der Waals surface area contributed by atoms with Gasteiger partial charge in [0.1, 0.15) is 5.82 Å². The van der Waals surface area contributed by atoms with Gasteiger partial charge in [-0.3, -0.25) is 4.68 Å². The Bertz CT molecular complexity index is 386. The Balaban J connectivity index is 2.22. The molecule has 0 radical (unpaired) electrons. The normalized spacial score (nSPS) is 20.1. The highest BCUT2D eigenvalue weighted by Crippen LogP contribution is 2.32. The van der Waals surface area contributed by atoms with Crippen molar-refractivity contribution in [3.05, 3.63) is 11.6 Å². The third kappa shape index (κ3) is 2.91. The van der Waals surface area contributed by atoms with Crippen LogP contribution in [0.3, 0.4) is 0 Å². The van der Waals surface area contributed by atoms with Crippen molar-refractivity contribution in [1.29, 1.82) is 0 Å². The molecule has 4 heteroatoms. The summed E-state index contributed by atoms with van der Waals surface area (Å²) in [6, 6.07) is 0. The van der Waals surface area contributed by atoms with E-state index in [0.29, 0.717) is 5.92 Å². The second-order valence-electron chi connectivity index (χ2n) is 6.14. The molecule has 0 unspecified atom stereocenters. The van der Waals surface area contributed by atoms with Gasteiger partial charge in [-0.15, -0.1) is 0 Å². The van der Waals surface area contributed by atoms with Crippen molar-refractivity contribution >= 4 is 0 Å². The number of nitrogens with zero attached hydrogens (tertiary/aromatic N) is 3. The summed E-state index contributed by atoms with van der Waals surface area (Å²) < 4.78 is 1.91. The lowest BCUT2D eigenvalue weighted by Crippen LogP contribution is -2.38. The molecule has 2 rings (SSSR count). The third-order valence-corrected chi connectivity index (χ3v) is 3.84. The first-order valence-electron chi connectivity index (χ1n) is 7.20. The van der Waals surface area contributed by atoms with Crippen molar-refractivity contribution in [2.45, 2.75) is 64.3 Å². The minimum atomic E-state index is -0.256. The average Bonchev–Trinajstić information content (AvgIpc) is 2.51. The Morgan fingerprint density at radius 3 is 2.39 bits per heavy atom. The molecule has 1 saturated carbocycles. The number of hydrogen-bond donors (Lipinski definition) is 1. The molecular weight excluding hydrogens is 224 g/mol. The van der Waals surface area contributed by atoms with Crippen LogP contribution >= 0.6 is 0 Å². The summed E-state index contributed by atoms with van der Waals surface area (Å²) >= 11 is 0. The van der Waals surface area contributed by atoms with Gasteiger partial charge in [0, 0.05) is 13.5 Å². The number of nitrogens with two attached hydrogens (primary N) is 1. The highest BCUT2D eigenvalue weighted by molar-refractivity contribution is 5.08. The molecular formula is C14H26N4. The maximum Gasteiger partial charge on any atom is 0.151 e. The highest BCUT2D eigenvalue weighted by atomic mass is 15.3. The van der Waals surface area contributed by atoms with E-state index in [2.05, 4.69) is 18.9 Å². The van der Waals surface area contributed by atoms with Gasteiger partial charge in [0.25, 0.3) is 0 Å². The number of aromatic nitrogens is 3. The zero-order chi connectivity index (χ0) is 13.2. The van der Waals surface area contributed by atoms with Gasteiger partial charge >= 0.3 is 0 Å². The minimum absolute atomic E-state index is 0.256. The zero-order valence-electron chi connectivity index (χ0n) is 11.9. The Hall–Kier alpha value is -0.900. The molecule has 1 aromatic rings. The lowest BCUT2D eigenvalue weighted by atomic mass is 9.90. The molecule has 102 valence electrons. The molecule has 0 amide bonds. The second kappa shape index (κ2) is 5.39. The van der Waals surface area contributed by atoms with Crippen molar-refractivity contribution in [2.75, 3.05) is 0 Å². The molecule has 1 aliphatic rings. The van der Waals surface area contributed by atoms with E-state index < -0.39 is 0 Å². The summed E-state index contributed by atoms with van der Waals surface area (Å²) in [7, 11) is 1.98. The molecule has 0 bridgehead atoms. The smallest absolute Gasteiger partial charge is 0.151 e. The fourth-order valence-corrected chi connectivity index (χ4v) is 2.91. The van der Waals surface area contributed by atoms with E-state index in [1.165, 1.54) is 25.7 Å². The van der Waals surface area contributed by atoms with Gasteiger partial charge in [-0.2, -0.15) is 5.10 Å². The lowest BCUT2D eigenvalue weighted by molar-refractivity contribution is 0.348. The Labute approximate surface area is 110 Å². The molecule has 0 spiro atoms. The molecule has 1 fully saturated rings. The topological polar surface area (TPSA) is 56.7 Å². The summed E-state index contributed by atoms with van der Waals surface area (Å²) in [6.45, 7) is 4.39. The van der Waals surface area contributed by atoms with Gasteiger partial charge < -0.3 is 5.73 Å². The molecule has 0 aromatic carbocycles. The monoisotopic (exact) mass is 250 g/mol. The van der Waals surface area contributed by atoms with Gasteiger partial charge in [-0.25, -0.2) is 4.98 Å². The Morgan fingerprint density at radius 1 is 1.22 bits per heavy atom. The van der Waals surface area contributed by atoms with Gasteiger partial charge in [0.15, 0.2) is 5.82 Å². The van der Waals surface area contributed by atoms with Crippen LogP contribution in [0.4, 0.5) is 0 Å². The molecule has 0 atom stereocenters. The summed E-state index contributed by atoms with van der Waals surface area (Å²) in [4.78, 5) is 4.71. The van der Waals surface area contributed by atoms with Crippen LogP contribution in [0.5, 0.6) is 0 Å². The number of aryl methyl sites for hydroxylation is 1. The number of rotatable bonds is 3. The molecule has 1 aromatic heterocycles. The van der Waals surface area contributed by atoms with Crippen molar-refractivity contribution in [3.63, 3.8) is 0 Å². The predicted octanol–water partition coefficient (Wildman–Crippen LogP) is 2.52. The largest absolute Gasteiger partial charge is 0.319 e. The Morgan fingerprint density at radius 2 is 1.83 bits per heavy atom. The maximum absolute atomic E-state index is 6.60. The highest BCUT2D eigenvalue weighted by Gasteiger charge is 2.33. The van der Waals surface area contributed by atoms with Crippen LogP contribution in [0.1, 0.15) is 64.0 Å². The first-order valence-corrected chi connectivity index (χ1v) is 7.20. The van der Waals surface area contributed by atoms with Crippen molar-refractivity contribution < 1.29 is 0 Å². The zero-order valence-corrected chi connectivity index (χ0v) is 11.9. The van der Waals surface area contributed by atoms with Gasteiger partial charge in [-0.1, -0.05) is 39.5 Å². The van der Waals surface area contributed by atoms with E-state index in [-0.39, 0.29) is 5.54 Å². The van der Waals surface area contributed by atoms with Gasteiger partial charge in [-0.05, 0) is 18.8 Å². The summed E-state index contributed by atoms with van der Waals surface area (Å²) in [6.07, 6.45) is 8.04. The first kappa shape index (κ1) is 13.5. The standard InChI is InChI=1S/C14H26N4/c1-11(2)10-12-16-13(18(3)17-12)14(15)8-6-4-5-7-9-14/h11H,4-10,15H2,1-3H3. The van der Waals surface area contributed by atoms with Crippen LogP contribution in [0, 0.1) is 5.92 Å². The fraction of sp³-hybridized carbons (Fsp3) is 0.857. The molecule has 0 aliphatic heterocycles. The summed E-state index contributed by atoms with van der Waals surface area (Å²) in [5.41, 5.74) is 6.35. The van der Waals surface area contributed by atoms with Crippen LogP contribution in [0.2, 0.25) is 0 Å². The molecule has 0 saturated heterocycles. The molecule has 4 nitrogen and oxygen atoms in total. The van der Waals surface area contributed by atoms with E-state index in [9.17, 15) is 0 Å². The SMILES string of the molecule is CC(C)Cc1nc(C2(N)CCCCCC2)n(C)n1. The summed E-state index contributed by atoms with van der Waals surface area (Å²) in [5.74, 6) is 2.51. The fourth-order valence-electron chi connectivity index (χ4n) is 2.91. The maximum atomic E-state index is 6.60. The van der Waals surface area contributed by atoms with Crippen molar-refractivity contribution in [2.24, 2.45) is 18.7 Å². The van der Waals surface area contributed by atoms with Gasteiger partial charge in [0.2, 0.25) is 0 Å². The van der Waals surface area contributed by atoms with Crippen molar-refractivity contribution in [1.82, 2.24) is 14.8 Å². The van der Waals surface area contributed by atoms with E-state index in [0.717, 1.165) is 30.9 Å². The quantitative estimate of drug-likeness (QED) is 0.839. The third-order valence-electron chi connectivity index (χ3n) is 3.84. The average molecular weight is 250 g/mol. The lowest BCUT2D eigenvalue weighted by Gasteiger charge is -2.26. The molecule has 2 N–H and O–H groups in total. The van der Waals surface area contributed by atoms with Gasteiger partial charge in [0.05, 0.1) is 5.54 Å². The van der Waals surface area contributed by atoms with Crippen LogP contribution in [-0.4, -0.2) is 14.8 Å². The van der Waals surface area contributed by atoms with E-state index in [1.807, 2.05) is 11.7 Å². The van der Waals surface area contributed by atoms with Crippen LogP contribution in [0.25, 0.3) is 0 Å². The van der Waals surface area contributed by atoms with Crippen LogP contribution in [-0.2, 0) is 19.0 Å². The first-order chi connectivity index (χ1) is 8.51. The Kier molecular flexibility index (Phi) is 4.05. The number of hydrogen-bond acceptors (Lipinski definition) is 3. The van der Waals surface area contributed by atoms with Crippen LogP contribution < -0.4 is 5.73 Å².